The van der Waals surface area contributed by atoms with Crippen molar-refractivity contribution in [3.8, 4) is 17.2 Å². The van der Waals surface area contributed by atoms with Gasteiger partial charge in [-0.2, -0.15) is 10.4 Å². The minimum absolute atomic E-state index is 0.0645. The fraction of sp³-hybridized carbons (Fsp3) is 0.271. The molecular weight excluding hydrogens is 833 g/mol. The van der Waals surface area contributed by atoms with Crippen molar-refractivity contribution in [2.75, 3.05) is 9.62 Å². The Balaban J connectivity index is 0.944. The van der Waals surface area contributed by atoms with Gasteiger partial charge in [-0.1, -0.05) is 61.5 Å². The zero-order chi connectivity index (χ0) is 44.8. The third-order valence-electron chi connectivity index (χ3n) is 11.3. The molecule has 4 N–H and O–H groups in total. The summed E-state index contributed by atoms with van der Waals surface area (Å²) < 4.78 is 35.1. The lowest BCUT2D eigenvalue weighted by atomic mass is 9.96. The number of sulfonamides is 1. The van der Waals surface area contributed by atoms with Crippen LogP contribution in [0, 0.1) is 25.2 Å². The molecule has 15 heteroatoms. The van der Waals surface area contributed by atoms with Crippen molar-refractivity contribution in [3.63, 3.8) is 0 Å². The third kappa shape index (κ3) is 8.56. The van der Waals surface area contributed by atoms with E-state index >= 15 is 0 Å². The molecule has 1 unspecified atom stereocenters. The standard InChI is InChI=1S/C48H48N8O5S2/c1-8-31-19-22-38(44-42(31)36(24-49)26-50-44)55-63(59,60)37-20-9-30(10-21-37)25-51-46(58)35-17-13-33(14-18-35)32-11-15-34(16-12-32)43-41-27(2)28(3)62-47(41)56-29(4)53-54-45(56)39(52-43)23-40(57)61-48(5,6)7/h9-22,26,39,45,50,54-55H,8,23,25H2,1-7H3,(H,51,58)/t39-,45?/m0/s1. The molecule has 2 aromatic heterocycles. The maximum absolute atomic E-state index is 13.4. The Kier molecular flexibility index (Phi) is 11.5. The number of benzene rings is 4. The first-order valence-corrected chi connectivity index (χ1v) is 23.0. The SMILES string of the molecule is CCc1ccc(NS(=O)(=O)c2ccc(CNC(=O)c3ccc(-c4ccc(C5=N[C@@H](CC(=O)OC(C)(C)C)C6NN=C(C)N6c6sc(C)c(C)c65)cc4)cc3)cc2)c2[nH]cc(C#N)c12. The maximum atomic E-state index is 13.4. The Hall–Kier alpha value is -6.76. The third-order valence-corrected chi connectivity index (χ3v) is 13.8. The summed E-state index contributed by atoms with van der Waals surface area (Å²) in [5, 5.41) is 18.8. The average Bonchev–Trinajstić information content (AvgIpc) is 3.93. The molecule has 0 radical (unpaired) electrons. The molecule has 0 bridgehead atoms. The Morgan fingerprint density at radius 1 is 0.937 bits per heavy atom. The van der Waals surface area contributed by atoms with Crippen molar-refractivity contribution < 1.29 is 22.7 Å². The zero-order valence-electron chi connectivity index (χ0n) is 36.1. The number of nitriles is 1. The molecule has 2 atom stereocenters. The number of thiophene rings is 1. The Morgan fingerprint density at radius 2 is 1.60 bits per heavy atom. The first-order valence-electron chi connectivity index (χ1n) is 20.7. The van der Waals surface area contributed by atoms with Crippen LogP contribution in [0.5, 0.6) is 0 Å². The van der Waals surface area contributed by atoms with Crippen LogP contribution in [0.25, 0.3) is 22.0 Å². The highest BCUT2D eigenvalue weighted by Gasteiger charge is 2.41. The molecule has 2 aliphatic heterocycles. The number of carbonyl (C=O) groups excluding carboxylic acids is 2. The number of ether oxygens (including phenoxy) is 1. The fourth-order valence-electron chi connectivity index (χ4n) is 7.99. The van der Waals surface area contributed by atoms with Gasteiger partial charge in [-0.05, 0) is 106 Å². The monoisotopic (exact) mass is 880 g/mol. The number of nitrogens with zero attached hydrogens (tertiary/aromatic N) is 4. The number of amidine groups is 1. The summed E-state index contributed by atoms with van der Waals surface area (Å²) in [5.74, 6) is 0.216. The van der Waals surface area contributed by atoms with E-state index in [1.165, 1.54) is 17.0 Å². The molecule has 13 nitrogen and oxygen atoms in total. The van der Waals surface area contributed by atoms with Gasteiger partial charge in [0.2, 0.25) is 0 Å². The highest BCUT2D eigenvalue weighted by molar-refractivity contribution is 7.92. The number of rotatable bonds is 11. The molecule has 8 rings (SSSR count). The summed E-state index contributed by atoms with van der Waals surface area (Å²) in [6, 6.07) is 27.1. The summed E-state index contributed by atoms with van der Waals surface area (Å²) in [6.45, 7) is 13.9. The number of hydrogen-bond donors (Lipinski definition) is 4. The van der Waals surface area contributed by atoms with E-state index in [-0.39, 0.29) is 35.9 Å². The molecule has 0 spiro atoms. The number of aryl methyl sites for hydroxylation is 2. The van der Waals surface area contributed by atoms with Crippen LogP contribution in [-0.2, 0) is 32.5 Å². The van der Waals surface area contributed by atoms with Crippen LogP contribution < -0.4 is 20.4 Å². The quantitative estimate of drug-likeness (QED) is 0.0933. The van der Waals surface area contributed by atoms with Gasteiger partial charge in [-0.3, -0.25) is 29.6 Å². The van der Waals surface area contributed by atoms with Gasteiger partial charge in [-0.15, -0.1) is 11.3 Å². The van der Waals surface area contributed by atoms with Gasteiger partial charge in [0.1, 0.15) is 34.7 Å². The number of H-pyrrole nitrogens is 1. The number of aromatic amines is 1. The predicted octanol–water partition coefficient (Wildman–Crippen LogP) is 8.70. The highest BCUT2D eigenvalue weighted by Crippen LogP contribution is 2.42. The average molecular weight is 881 g/mol. The van der Waals surface area contributed by atoms with E-state index in [4.69, 9.17) is 9.73 Å². The normalized spacial score (nSPS) is 15.9. The second-order valence-electron chi connectivity index (χ2n) is 16.7. The topological polar surface area (TPSA) is 181 Å². The highest BCUT2D eigenvalue weighted by atomic mass is 32.2. The summed E-state index contributed by atoms with van der Waals surface area (Å²) in [5.41, 5.74) is 11.9. The van der Waals surface area contributed by atoms with E-state index in [0.717, 1.165) is 55.5 Å². The molecule has 6 aromatic rings. The minimum atomic E-state index is -3.95. The number of amides is 1. The lowest BCUT2D eigenvalue weighted by Crippen LogP contribution is -2.47. The number of aliphatic imine (C=N–C) groups is 1. The van der Waals surface area contributed by atoms with Crippen LogP contribution in [0.2, 0.25) is 0 Å². The van der Waals surface area contributed by atoms with Crippen LogP contribution >= 0.6 is 11.3 Å². The van der Waals surface area contributed by atoms with Gasteiger partial charge in [0.25, 0.3) is 15.9 Å². The first-order chi connectivity index (χ1) is 30.0. The van der Waals surface area contributed by atoms with Crippen LogP contribution in [0.1, 0.15) is 89.7 Å². The van der Waals surface area contributed by atoms with E-state index in [0.29, 0.717) is 34.1 Å². The van der Waals surface area contributed by atoms with Gasteiger partial charge >= 0.3 is 5.97 Å². The Morgan fingerprint density at radius 3 is 2.25 bits per heavy atom. The number of carbonyl (C=O) groups is 2. The van der Waals surface area contributed by atoms with Gasteiger partial charge in [0.15, 0.2) is 0 Å². The number of fused-ring (bicyclic) bond motifs is 4. The Bertz CT molecular complexity index is 2970. The predicted molar refractivity (Wildman–Crippen MR) is 249 cm³/mol. The van der Waals surface area contributed by atoms with Crippen molar-refractivity contribution in [2.45, 2.75) is 90.6 Å². The van der Waals surface area contributed by atoms with Gasteiger partial charge in [0, 0.05) is 39.7 Å². The summed E-state index contributed by atoms with van der Waals surface area (Å²) in [6.07, 6.45) is 2.01. The summed E-state index contributed by atoms with van der Waals surface area (Å²) >= 11 is 1.69. The first kappa shape index (κ1) is 42.9. The number of anilines is 2. The smallest absolute Gasteiger partial charge is 0.308 e. The molecule has 0 aliphatic carbocycles. The molecule has 4 aromatic carbocycles. The van der Waals surface area contributed by atoms with E-state index in [1.807, 2.05) is 77.1 Å². The maximum Gasteiger partial charge on any atom is 0.308 e. The zero-order valence-corrected chi connectivity index (χ0v) is 37.7. The molecule has 0 saturated heterocycles. The fourth-order valence-corrected chi connectivity index (χ4v) is 10.3. The molecule has 2 aliphatic rings. The van der Waals surface area contributed by atoms with Crippen LogP contribution in [0.4, 0.5) is 10.7 Å². The van der Waals surface area contributed by atoms with Crippen molar-refractivity contribution in [3.05, 3.63) is 135 Å². The van der Waals surface area contributed by atoms with Gasteiger partial charge in [0.05, 0.1) is 33.8 Å². The molecule has 63 heavy (non-hydrogen) atoms. The molecule has 0 fully saturated rings. The van der Waals surface area contributed by atoms with E-state index in [2.05, 4.69) is 50.4 Å². The Labute approximate surface area is 371 Å². The summed E-state index contributed by atoms with van der Waals surface area (Å²) in [4.78, 5) is 38.1. The van der Waals surface area contributed by atoms with E-state index in [9.17, 15) is 23.3 Å². The summed E-state index contributed by atoms with van der Waals surface area (Å²) in [7, 11) is -3.95. The van der Waals surface area contributed by atoms with Crippen molar-refractivity contribution in [2.24, 2.45) is 10.1 Å². The minimum Gasteiger partial charge on any atom is -0.460 e. The largest absolute Gasteiger partial charge is 0.460 e. The number of nitrogens with one attached hydrogen (secondary N) is 4. The van der Waals surface area contributed by atoms with Crippen molar-refractivity contribution in [1.82, 2.24) is 15.7 Å². The number of hydrogen-bond acceptors (Lipinski definition) is 11. The van der Waals surface area contributed by atoms with Gasteiger partial charge < -0.3 is 15.0 Å². The second-order valence-corrected chi connectivity index (χ2v) is 19.6. The van der Waals surface area contributed by atoms with E-state index < -0.39 is 21.7 Å². The molecule has 1 amide bonds. The lowest BCUT2D eigenvalue weighted by Gasteiger charge is -2.28. The van der Waals surface area contributed by atoms with Crippen LogP contribution in [0.15, 0.2) is 106 Å². The van der Waals surface area contributed by atoms with Crippen LogP contribution in [0.3, 0.4) is 0 Å². The van der Waals surface area contributed by atoms with Crippen molar-refractivity contribution in [1.29, 1.82) is 5.26 Å². The lowest BCUT2D eigenvalue weighted by molar-refractivity contribution is -0.155. The van der Waals surface area contributed by atoms with Gasteiger partial charge in [-0.25, -0.2) is 8.42 Å². The molecule has 322 valence electrons. The van der Waals surface area contributed by atoms with E-state index in [1.54, 1.807) is 47.9 Å². The number of esters is 1. The molecular formula is C48H48N8O5S2. The second kappa shape index (κ2) is 16.8. The number of hydrazone groups is 1. The van der Waals surface area contributed by atoms with Crippen molar-refractivity contribution >= 4 is 66.4 Å². The molecule has 4 heterocycles. The molecule has 0 saturated carbocycles. The number of aromatic nitrogens is 1. The van der Waals surface area contributed by atoms with Crippen LogP contribution in [-0.4, -0.2) is 54.6 Å².